The van der Waals surface area contributed by atoms with Crippen molar-refractivity contribution >= 4 is 27.0 Å². The molecule has 0 unspecified atom stereocenters. The minimum absolute atomic E-state index is 0.619. The first-order chi connectivity index (χ1) is 8.24. The number of hydrogen-bond donors (Lipinski definition) is 0. The minimum atomic E-state index is 0.619. The summed E-state index contributed by atoms with van der Waals surface area (Å²) < 4.78 is 6.40. The Bertz CT molecular complexity index is 673. The number of aryl methyl sites for hydroxylation is 1. The fourth-order valence-electron chi connectivity index (χ4n) is 1.64. The number of halogens is 1. The van der Waals surface area contributed by atoms with Gasteiger partial charge in [0.2, 0.25) is 5.89 Å². The van der Waals surface area contributed by atoms with E-state index < -0.39 is 0 Å². The third kappa shape index (κ3) is 1.85. The van der Waals surface area contributed by atoms with Crippen LogP contribution in [-0.4, -0.2) is 9.97 Å². The fraction of sp³-hybridized carbons (Fsp3) is 0.0769. The lowest BCUT2D eigenvalue weighted by Crippen LogP contribution is -1.78. The summed E-state index contributed by atoms with van der Waals surface area (Å²) in [5, 5.41) is 0. The maximum Gasteiger partial charge on any atom is 0.227 e. The quantitative estimate of drug-likeness (QED) is 0.636. The van der Waals surface area contributed by atoms with Gasteiger partial charge in [0, 0.05) is 17.8 Å². The molecule has 0 saturated carbocycles. The third-order valence-electron chi connectivity index (χ3n) is 2.56. The summed E-state index contributed by atoms with van der Waals surface area (Å²) in [4.78, 5) is 8.56. The van der Waals surface area contributed by atoms with Crippen molar-refractivity contribution in [2.45, 2.75) is 6.92 Å². The van der Waals surface area contributed by atoms with Crippen LogP contribution in [0.25, 0.3) is 22.6 Å². The zero-order chi connectivity index (χ0) is 11.8. The summed E-state index contributed by atoms with van der Waals surface area (Å²) in [6, 6.07) is 9.89. The predicted octanol–water partition coefficient (Wildman–Crippen LogP) is 3.96. The number of oxazole rings is 1. The topological polar surface area (TPSA) is 38.9 Å². The van der Waals surface area contributed by atoms with Crippen LogP contribution in [0.5, 0.6) is 0 Å². The zero-order valence-corrected chi connectivity index (χ0v) is 10.7. The van der Waals surface area contributed by atoms with Gasteiger partial charge in [0.1, 0.15) is 10.1 Å². The molecule has 1 aromatic carbocycles. The van der Waals surface area contributed by atoms with Crippen molar-refractivity contribution in [3.8, 4) is 11.5 Å². The maximum absolute atomic E-state index is 5.69. The van der Waals surface area contributed by atoms with E-state index in [-0.39, 0.29) is 0 Å². The van der Waals surface area contributed by atoms with Crippen LogP contribution >= 0.6 is 15.9 Å². The Hall–Kier alpha value is -1.68. The second-order valence-electron chi connectivity index (χ2n) is 3.83. The average molecular weight is 289 g/mol. The molecule has 0 N–H and O–H groups in total. The number of aromatic nitrogens is 2. The van der Waals surface area contributed by atoms with E-state index in [2.05, 4.69) is 32.8 Å². The summed E-state index contributed by atoms with van der Waals surface area (Å²) in [7, 11) is 0. The average Bonchev–Trinajstić information content (AvgIpc) is 2.75. The van der Waals surface area contributed by atoms with Crippen LogP contribution in [0.3, 0.4) is 0 Å². The molecule has 3 nitrogen and oxygen atoms in total. The Morgan fingerprint density at radius 2 is 1.88 bits per heavy atom. The van der Waals surface area contributed by atoms with Crippen LogP contribution in [0.15, 0.2) is 45.5 Å². The molecular formula is C13H9BrN2O. The van der Waals surface area contributed by atoms with Gasteiger partial charge in [0.05, 0.1) is 0 Å². The Kier molecular flexibility index (Phi) is 2.44. The van der Waals surface area contributed by atoms with Crippen molar-refractivity contribution in [3.63, 3.8) is 0 Å². The van der Waals surface area contributed by atoms with Crippen molar-refractivity contribution in [2.24, 2.45) is 0 Å². The molecule has 3 rings (SSSR count). The summed E-state index contributed by atoms with van der Waals surface area (Å²) in [5.41, 5.74) is 3.68. The van der Waals surface area contributed by atoms with Crippen molar-refractivity contribution in [1.82, 2.24) is 9.97 Å². The fourth-order valence-corrected chi connectivity index (χ4v) is 2.05. The first-order valence-corrected chi connectivity index (χ1v) is 6.01. The SMILES string of the molecule is Cc1ccc(-c2nc3c(Br)nccc3o2)cc1. The highest BCUT2D eigenvalue weighted by atomic mass is 79.9. The lowest BCUT2D eigenvalue weighted by atomic mass is 10.1. The molecule has 17 heavy (non-hydrogen) atoms. The lowest BCUT2D eigenvalue weighted by molar-refractivity contribution is 0.619. The van der Waals surface area contributed by atoms with Crippen LogP contribution in [0.4, 0.5) is 0 Å². The van der Waals surface area contributed by atoms with Gasteiger partial charge in [-0.3, -0.25) is 0 Å². The summed E-state index contributed by atoms with van der Waals surface area (Å²) in [6.45, 7) is 2.05. The van der Waals surface area contributed by atoms with Crippen molar-refractivity contribution < 1.29 is 4.42 Å². The van der Waals surface area contributed by atoms with Gasteiger partial charge in [-0.2, -0.15) is 0 Å². The van der Waals surface area contributed by atoms with E-state index in [0.29, 0.717) is 10.5 Å². The highest BCUT2D eigenvalue weighted by Gasteiger charge is 2.10. The van der Waals surface area contributed by atoms with Crippen LogP contribution in [0, 0.1) is 6.92 Å². The molecular weight excluding hydrogens is 280 g/mol. The van der Waals surface area contributed by atoms with Gasteiger partial charge in [-0.05, 0) is 35.0 Å². The second-order valence-corrected chi connectivity index (χ2v) is 4.58. The largest absolute Gasteiger partial charge is 0.436 e. The first-order valence-electron chi connectivity index (χ1n) is 5.22. The normalized spacial score (nSPS) is 10.9. The highest BCUT2D eigenvalue weighted by Crippen LogP contribution is 2.27. The smallest absolute Gasteiger partial charge is 0.227 e. The van der Waals surface area contributed by atoms with Crippen LogP contribution < -0.4 is 0 Å². The Morgan fingerprint density at radius 3 is 2.59 bits per heavy atom. The standard InChI is InChI=1S/C13H9BrN2O/c1-8-2-4-9(5-3-8)13-16-11-10(17-13)6-7-15-12(11)14/h2-7H,1H3. The summed E-state index contributed by atoms with van der Waals surface area (Å²) in [5.74, 6) is 0.619. The summed E-state index contributed by atoms with van der Waals surface area (Å²) in [6.07, 6.45) is 1.69. The molecule has 0 aliphatic carbocycles. The van der Waals surface area contributed by atoms with Crippen LogP contribution in [-0.2, 0) is 0 Å². The first kappa shape index (κ1) is 10.5. The summed E-state index contributed by atoms with van der Waals surface area (Å²) >= 11 is 3.36. The van der Waals surface area contributed by atoms with Gasteiger partial charge in [-0.25, -0.2) is 9.97 Å². The van der Waals surface area contributed by atoms with Crippen molar-refractivity contribution in [3.05, 3.63) is 46.7 Å². The van der Waals surface area contributed by atoms with E-state index in [9.17, 15) is 0 Å². The molecule has 0 fully saturated rings. The second kappa shape index (κ2) is 3.96. The number of nitrogens with zero attached hydrogens (tertiary/aromatic N) is 2. The molecule has 0 amide bonds. The van der Waals surface area contributed by atoms with E-state index in [1.54, 1.807) is 6.20 Å². The van der Waals surface area contributed by atoms with E-state index >= 15 is 0 Å². The van der Waals surface area contributed by atoms with Gasteiger partial charge in [-0.1, -0.05) is 17.7 Å². The number of pyridine rings is 1. The van der Waals surface area contributed by atoms with Gasteiger partial charge >= 0.3 is 0 Å². The van der Waals surface area contributed by atoms with Gasteiger partial charge < -0.3 is 4.42 Å². The number of benzene rings is 1. The van der Waals surface area contributed by atoms with E-state index in [4.69, 9.17) is 4.42 Å². The molecule has 0 aliphatic rings. The van der Waals surface area contributed by atoms with Crippen molar-refractivity contribution in [2.75, 3.05) is 0 Å². The number of fused-ring (bicyclic) bond motifs is 1. The minimum Gasteiger partial charge on any atom is -0.436 e. The predicted molar refractivity (Wildman–Crippen MR) is 69.7 cm³/mol. The molecule has 3 aromatic rings. The molecule has 0 aliphatic heterocycles. The van der Waals surface area contributed by atoms with Crippen molar-refractivity contribution in [1.29, 1.82) is 0 Å². The van der Waals surface area contributed by atoms with Gasteiger partial charge in [-0.15, -0.1) is 0 Å². The molecule has 0 spiro atoms. The monoisotopic (exact) mass is 288 g/mol. The molecule has 2 heterocycles. The molecule has 0 atom stereocenters. The van der Waals surface area contributed by atoms with E-state index in [0.717, 1.165) is 16.7 Å². The molecule has 0 radical (unpaired) electrons. The molecule has 84 valence electrons. The Balaban J connectivity index is 2.18. The van der Waals surface area contributed by atoms with E-state index in [1.165, 1.54) is 5.56 Å². The molecule has 2 aromatic heterocycles. The molecule has 4 heteroatoms. The maximum atomic E-state index is 5.69. The molecule has 0 bridgehead atoms. The number of hydrogen-bond acceptors (Lipinski definition) is 3. The van der Waals surface area contributed by atoms with Gasteiger partial charge in [0.15, 0.2) is 5.58 Å². The van der Waals surface area contributed by atoms with Crippen LogP contribution in [0.1, 0.15) is 5.56 Å². The Labute approximate surface area is 107 Å². The van der Waals surface area contributed by atoms with Crippen LogP contribution in [0.2, 0.25) is 0 Å². The Morgan fingerprint density at radius 1 is 1.12 bits per heavy atom. The zero-order valence-electron chi connectivity index (χ0n) is 9.14. The number of rotatable bonds is 1. The highest BCUT2D eigenvalue weighted by molar-refractivity contribution is 9.10. The van der Waals surface area contributed by atoms with E-state index in [1.807, 2.05) is 30.3 Å². The lowest BCUT2D eigenvalue weighted by Gasteiger charge is -1.95. The van der Waals surface area contributed by atoms with Gasteiger partial charge in [0.25, 0.3) is 0 Å². The third-order valence-corrected chi connectivity index (χ3v) is 3.14. The molecule has 0 saturated heterocycles.